The largest absolute Gasteiger partial charge is 0.497 e. The Kier molecular flexibility index (Phi) is 6.21. The van der Waals surface area contributed by atoms with Crippen molar-refractivity contribution in [3.63, 3.8) is 0 Å². The number of amides is 1. The summed E-state index contributed by atoms with van der Waals surface area (Å²) in [5.41, 5.74) is 4.48. The van der Waals surface area contributed by atoms with E-state index in [0.717, 1.165) is 29.7 Å². The zero-order chi connectivity index (χ0) is 21.8. The van der Waals surface area contributed by atoms with Crippen LogP contribution >= 0.6 is 0 Å². The van der Waals surface area contributed by atoms with Crippen molar-refractivity contribution in [2.75, 3.05) is 25.1 Å². The van der Waals surface area contributed by atoms with Gasteiger partial charge in [0.15, 0.2) is 0 Å². The van der Waals surface area contributed by atoms with Crippen LogP contribution < -0.4 is 15.0 Å². The third-order valence-electron chi connectivity index (χ3n) is 5.93. The first-order valence-electron chi connectivity index (χ1n) is 10.6. The number of rotatable bonds is 6. The van der Waals surface area contributed by atoms with Gasteiger partial charge in [-0.3, -0.25) is 4.79 Å². The molecule has 1 aromatic heterocycles. The number of benzene rings is 2. The van der Waals surface area contributed by atoms with Gasteiger partial charge in [0.1, 0.15) is 5.75 Å². The number of anilines is 1. The van der Waals surface area contributed by atoms with Crippen molar-refractivity contribution < 1.29 is 13.9 Å². The number of methoxy groups -OCH3 is 1. The molecule has 162 valence electrons. The lowest BCUT2D eigenvalue weighted by atomic mass is 9.96. The molecule has 1 aliphatic heterocycles. The second-order valence-electron chi connectivity index (χ2n) is 8.02. The minimum Gasteiger partial charge on any atom is -0.497 e. The van der Waals surface area contributed by atoms with Crippen LogP contribution in [-0.4, -0.2) is 36.3 Å². The van der Waals surface area contributed by atoms with Gasteiger partial charge in [0.05, 0.1) is 7.11 Å². The summed E-state index contributed by atoms with van der Waals surface area (Å²) in [7, 11) is 1.63. The van der Waals surface area contributed by atoms with E-state index in [1.165, 1.54) is 11.1 Å². The van der Waals surface area contributed by atoms with Crippen LogP contribution in [0.3, 0.4) is 0 Å². The van der Waals surface area contributed by atoms with Crippen LogP contribution in [0.4, 0.5) is 6.01 Å². The number of hydrogen-bond donors (Lipinski definition) is 1. The second-order valence-corrected chi connectivity index (χ2v) is 8.02. The highest BCUT2D eigenvalue weighted by atomic mass is 16.5. The standard InChI is InChI=1S/C24H28N4O3/c1-16-4-5-18(14-17(16)2)15-25-22(29)19-10-12-28(13-11-19)24-27-26-23(31-24)20-6-8-21(30-3)9-7-20/h4-9,14,19H,10-13,15H2,1-3H3,(H,25,29). The topological polar surface area (TPSA) is 80.5 Å². The van der Waals surface area contributed by atoms with Crippen molar-refractivity contribution in [3.8, 4) is 17.2 Å². The van der Waals surface area contributed by atoms with Crippen molar-refractivity contribution in [2.45, 2.75) is 33.2 Å². The van der Waals surface area contributed by atoms with Crippen LogP contribution in [0, 0.1) is 19.8 Å². The van der Waals surface area contributed by atoms with E-state index in [0.29, 0.717) is 31.5 Å². The lowest BCUT2D eigenvalue weighted by Crippen LogP contribution is -2.40. The quantitative estimate of drug-likeness (QED) is 0.652. The first kappa shape index (κ1) is 20.9. The van der Waals surface area contributed by atoms with Gasteiger partial charge in [-0.05, 0) is 67.6 Å². The van der Waals surface area contributed by atoms with Gasteiger partial charge in [-0.2, -0.15) is 0 Å². The molecule has 0 radical (unpaired) electrons. The number of carbonyl (C=O) groups excluding carboxylic acids is 1. The fourth-order valence-corrected chi connectivity index (χ4v) is 3.77. The van der Waals surface area contributed by atoms with Gasteiger partial charge in [0, 0.05) is 31.1 Å². The van der Waals surface area contributed by atoms with Crippen LogP contribution in [0.15, 0.2) is 46.9 Å². The van der Waals surface area contributed by atoms with Crippen LogP contribution in [0.1, 0.15) is 29.5 Å². The van der Waals surface area contributed by atoms with Crippen molar-refractivity contribution >= 4 is 11.9 Å². The maximum absolute atomic E-state index is 12.6. The first-order chi connectivity index (χ1) is 15.0. The molecule has 0 saturated carbocycles. The van der Waals surface area contributed by atoms with Crippen molar-refractivity contribution in [1.29, 1.82) is 0 Å². The van der Waals surface area contributed by atoms with Gasteiger partial charge in [-0.1, -0.05) is 23.3 Å². The molecule has 1 N–H and O–H groups in total. The van der Waals surface area contributed by atoms with Crippen LogP contribution in [0.5, 0.6) is 5.75 Å². The lowest BCUT2D eigenvalue weighted by Gasteiger charge is -2.29. The van der Waals surface area contributed by atoms with E-state index in [1.807, 2.05) is 29.2 Å². The molecule has 0 atom stereocenters. The molecule has 31 heavy (non-hydrogen) atoms. The maximum Gasteiger partial charge on any atom is 0.318 e. The monoisotopic (exact) mass is 420 g/mol. The number of hydrogen-bond acceptors (Lipinski definition) is 6. The Hall–Kier alpha value is -3.35. The van der Waals surface area contributed by atoms with Crippen molar-refractivity contribution in [2.24, 2.45) is 5.92 Å². The fraction of sp³-hybridized carbons (Fsp3) is 0.375. The average molecular weight is 421 g/mol. The molecule has 3 aromatic rings. The molecule has 2 heterocycles. The van der Waals surface area contributed by atoms with Crippen molar-refractivity contribution in [3.05, 3.63) is 59.2 Å². The summed E-state index contributed by atoms with van der Waals surface area (Å²) in [5, 5.41) is 11.5. The molecule has 4 rings (SSSR count). The van der Waals surface area contributed by atoms with Gasteiger partial charge in [0.2, 0.25) is 11.8 Å². The first-order valence-corrected chi connectivity index (χ1v) is 10.6. The zero-order valence-corrected chi connectivity index (χ0v) is 18.2. The fourth-order valence-electron chi connectivity index (χ4n) is 3.77. The predicted octanol–water partition coefficient (Wildman–Crippen LogP) is 3.89. The van der Waals surface area contributed by atoms with Gasteiger partial charge in [-0.15, -0.1) is 5.10 Å². The van der Waals surface area contributed by atoms with E-state index < -0.39 is 0 Å². The number of carbonyl (C=O) groups is 1. The molecule has 0 unspecified atom stereocenters. The van der Waals surface area contributed by atoms with Crippen LogP contribution in [-0.2, 0) is 11.3 Å². The summed E-state index contributed by atoms with van der Waals surface area (Å²) in [6.45, 7) is 6.18. The van der Waals surface area contributed by atoms with Gasteiger partial charge in [-0.25, -0.2) is 0 Å². The van der Waals surface area contributed by atoms with Gasteiger partial charge < -0.3 is 19.4 Å². The lowest BCUT2D eigenvalue weighted by molar-refractivity contribution is -0.125. The Morgan fingerprint density at radius 1 is 1.10 bits per heavy atom. The molecule has 7 nitrogen and oxygen atoms in total. The molecular formula is C24H28N4O3. The number of piperidine rings is 1. The Morgan fingerprint density at radius 2 is 1.84 bits per heavy atom. The number of nitrogens with zero attached hydrogens (tertiary/aromatic N) is 3. The summed E-state index contributed by atoms with van der Waals surface area (Å²) < 4.78 is 11.0. The van der Waals surface area contributed by atoms with Crippen LogP contribution in [0.25, 0.3) is 11.5 Å². The van der Waals surface area contributed by atoms with E-state index in [1.54, 1.807) is 7.11 Å². The average Bonchev–Trinajstić information content (AvgIpc) is 3.30. The second kappa shape index (κ2) is 9.20. The molecule has 7 heteroatoms. The Bertz CT molecular complexity index is 1040. The van der Waals surface area contributed by atoms with E-state index in [4.69, 9.17) is 9.15 Å². The summed E-state index contributed by atoms with van der Waals surface area (Å²) >= 11 is 0. The molecule has 0 bridgehead atoms. The van der Waals surface area contributed by atoms with E-state index in [-0.39, 0.29) is 11.8 Å². The summed E-state index contributed by atoms with van der Waals surface area (Å²) in [5.74, 6) is 1.38. The van der Waals surface area contributed by atoms with Crippen LogP contribution in [0.2, 0.25) is 0 Å². The minimum absolute atomic E-state index is 0.00627. The number of aromatic nitrogens is 2. The number of aryl methyl sites for hydroxylation is 2. The normalized spacial score (nSPS) is 14.5. The number of ether oxygens (including phenoxy) is 1. The van der Waals surface area contributed by atoms with E-state index in [2.05, 4.69) is 47.6 Å². The highest BCUT2D eigenvalue weighted by Crippen LogP contribution is 2.27. The Labute approximate surface area is 182 Å². The molecule has 0 aliphatic carbocycles. The maximum atomic E-state index is 12.6. The van der Waals surface area contributed by atoms with E-state index >= 15 is 0 Å². The summed E-state index contributed by atoms with van der Waals surface area (Å²) in [6.07, 6.45) is 1.53. The number of nitrogens with one attached hydrogen (secondary N) is 1. The molecular weight excluding hydrogens is 392 g/mol. The Morgan fingerprint density at radius 3 is 2.52 bits per heavy atom. The molecule has 2 aromatic carbocycles. The van der Waals surface area contributed by atoms with E-state index in [9.17, 15) is 4.79 Å². The molecule has 1 saturated heterocycles. The highest BCUT2D eigenvalue weighted by molar-refractivity contribution is 5.79. The SMILES string of the molecule is COc1ccc(-c2nnc(N3CCC(C(=O)NCc4ccc(C)c(C)c4)CC3)o2)cc1. The summed E-state index contributed by atoms with van der Waals surface area (Å²) in [6, 6.07) is 14.3. The molecule has 1 aliphatic rings. The smallest absolute Gasteiger partial charge is 0.318 e. The summed E-state index contributed by atoms with van der Waals surface area (Å²) in [4.78, 5) is 14.7. The molecule has 0 spiro atoms. The third-order valence-corrected chi connectivity index (χ3v) is 5.93. The van der Waals surface area contributed by atoms with Crippen molar-refractivity contribution in [1.82, 2.24) is 15.5 Å². The molecule has 1 fully saturated rings. The van der Waals surface area contributed by atoms with Gasteiger partial charge >= 0.3 is 6.01 Å². The third kappa shape index (κ3) is 4.87. The molecule has 1 amide bonds. The van der Waals surface area contributed by atoms with Gasteiger partial charge in [0.25, 0.3) is 0 Å². The highest BCUT2D eigenvalue weighted by Gasteiger charge is 2.27. The minimum atomic E-state index is 0.00627. The predicted molar refractivity (Wildman–Crippen MR) is 119 cm³/mol. The Balaban J connectivity index is 1.29. The zero-order valence-electron chi connectivity index (χ0n) is 18.2.